The topological polar surface area (TPSA) is 73.3 Å². The number of aromatic nitrogens is 2. The number of nitrogens with zero attached hydrogens (tertiary/aromatic N) is 2. The summed E-state index contributed by atoms with van der Waals surface area (Å²) < 4.78 is 11.5. The van der Waals surface area contributed by atoms with Crippen molar-refractivity contribution in [3.05, 3.63) is 40.6 Å². The monoisotopic (exact) mass is 379 g/mol. The summed E-state index contributed by atoms with van der Waals surface area (Å²) in [5.41, 5.74) is 0.997. The van der Waals surface area contributed by atoms with E-state index in [1.54, 1.807) is 19.5 Å². The zero-order chi connectivity index (χ0) is 16.7. The number of carbonyl (C=O) groups excluding carboxylic acids is 1. The Labute approximate surface area is 143 Å². The van der Waals surface area contributed by atoms with Crippen LogP contribution in [0.1, 0.15) is 18.9 Å². The minimum atomic E-state index is -0.139. The molecule has 0 radical (unpaired) electrons. The second kappa shape index (κ2) is 8.47. The number of aryl methyl sites for hydroxylation is 1. The molecule has 1 N–H and O–H groups in total. The number of rotatable bonds is 7. The van der Waals surface area contributed by atoms with Crippen LogP contribution < -0.4 is 14.8 Å². The number of methoxy groups -OCH3 is 1. The SMILES string of the molecule is CCOc1ccc(CCC(=O)Nc2ncc(Br)cn2)cc1OC. The first-order chi connectivity index (χ1) is 11.1. The maximum Gasteiger partial charge on any atom is 0.229 e. The smallest absolute Gasteiger partial charge is 0.229 e. The van der Waals surface area contributed by atoms with Crippen LogP contribution in [0.25, 0.3) is 0 Å². The summed E-state index contributed by atoms with van der Waals surface area (Å²) in [5, 5.41) is 2.66. The second-order valence-corrected chi connectivity index (χ2v) is 5.61. The van der Waals surface area contributed by atoms with Gasteiger partial charge < -0.3 is 9.47 Å². The van der Waals surface area contributed by atoms with Gasteiger partial charge in [0.2, 0.25) is 11.9 Å². The highest BCUT2D eigenvalue weighted by Gasteiger charge is 2.08. The third kappa shape index (κ3) is 5.21. The highest BCUT2D eigenvalue weighted by Crippen LogP contribution is 2.28. The Morgan fingerprint density at radius 3 is 2.65 bits per heavy atom. The molecule has 6 nitrogen and oxygen atoms in total. The minimum absolute atomic E-state index is 0.139. The van der Waals surface area contributed by atoms with Crippen molar-refractivity contribution in [3.63, 3.8) is 0 Å². The molecule has 7 heteroatoms. The fourth-order valence-electron chi connectivity index (χ4n) is 1.96. The van der Waals surface area contributed by atoms with E-state index in [2.05, 4.69) is 31.2 Å². The lowest BCUT2D eigenvalue weighted by Gasteiger charge is -2.11. The van der Waals surface area contributed by atoms with E-state index in [1.165, 1.54) is 0 Å². The van der Waals surface area contributed by atoms with Crippen LogP contribution in [0, 0.1) is 0 Å². The first-order valence-corrected chi connectivity index (χ1v) is 7.98. The summed E-state index contributed by atoms with van der Waals surface area (Å²) in [4.78, 5) is 19.9. The van der Waals surface area contributed by atoms with Gasteiger partial charge in [-0.05, 0) is 47.0 Å². The highest BCUT2D eigenvalue weighted by atomic mass is 79.9. The Hall–Kier alpha value is -2.15. The Bertz CT molecular complexity index is 662. The second-order valence-electron chi connectivity index (χ2n) is 4.69. The van der Waals surface area contributed by atoms with Gasteiger partial charge in [-0.15, -0.1) is 0 Å². The molecule has 1 heterocycles. The maximum absolute atomic E-state index is 11.9. The minimum Gasteiger partial charge on any atom is -0.493 e. The lowest BCUT2D eigenvalue weighted by Crippen LogP contribution is -2.14. The molecule has 1 amide bonds. The van der Waals surface area contributed by atoms with E-state index in [0.29, 0.717) is 36.9 Å². The van der Waals surface area contributed by atoms with Crippen molar-refractivity contribution in [2.75, 3.05) is 19.0 Å². The van der Waals surface area contributed by atoms with Gasteiger partial charge in [-0.3, -0.25) is 10.1 Å². The predicted molar refractivity (Wildman–Crippen MR) is 90.8 cm³/mol. The lowest BCUT2D eigenvalue weighted by molar-refractivity contribution is -0.116. The van der Waals surface area contributed by atoms with Crippen molar-refractivity contribution in [2.45, 2.75) is 19.8 Å². The highest BCUT2D eigenvalue weighted by molar-refractivity contribution is 9.10. The summed E-state index contributed by atoms with van der Waals surface area (Å²) in [6.07, 6.45) is 4.08. The van der Waals surface area contributed by atoms with Crippen molar-refractivity contribution in [1.82, 2.24) is 9.97 Å². The maximum atomic E-state index is 11.9. The molecule has 1 aromatic carbocycles. The molecule has 122 valence electrons. The van der Waals surface area contributed by atoms with Crippen molar-refractivity contribution < 1.29 is 14.3 Å². The van der Waals surface area contributed by atoms with Gasteiger partial charge in [0, 0.05) is 18.8 Å². The van der Waals surface area contributed by atoms with Gasteiger partial charge in [-0.25, -0.2) is 9.97 Å². The number of benzene rings is 1. The van der Waals surface area contributed by atoms with Crippen molar-refractivity contribution >= 4 is 27.8 Å². The quantitative estimate of drug-likeness (QED) is 0.799. The standard InChI is InChI=1S/C16H18BrN3O3/c1-3-23-13-6-4-11(8-14(13)22-2)5-7-15(21)20-16-18-9-12(17)10-19-16/h4,6,8-10H,3,5,7H2,1-2H3,(H,18,19,20,21). The van der Waals surface area contributed by atoms with E-state index in [4.69, 9.17) is 9.47 Å². The molecule has 0 aliphatic rings. The molecule has 0 aliphatic heterocycles. The van der Waals surface area contributed by atoms with E-state index in [0.717, 1.165) is 10.0 Å². The Morgan fingerprint density at radius 1 is 1.26 bits per heavy atom. The van der Waals surface area contributed by atoms with Crippen LogP contribution in [0.4, 0.5) is 5.95 Å². The zero-order valence-corrected chi connectivity index (χ0v) is 14.6. The first kappa shape index (κ1) is 17.2. The van der Waals surface area contributed by atoms with Crippen LogP contribution >= 0.6 is 15.9 Å². The van der Waals surface area contributed by atoms with Crippen LogP contribution in [0.2, 0.25) is 0 Å². The van der Waals surface area contributed by atoms with Gasteiger partial charge in [-0.2, -0.15) is 0 Å². The molecule has 0 saturated heterocycles. The number of hydrogen-bond acceptors (Lipinski definition) is 5. The third-order valence-electron chi connectivity index (χ3n) is 3.04. The third-order valence-corrected chi connectivity index (χ3v) is 3.45. The van der Waals surface area contributed by atoms with Crippen LogP contribution in [0.15, 0.2) is 35.1 Å². The average Bonchev–Trinajstić information content (AvgIpc) is 2.56. The number of hydrogen-bond donors (Lipinski definition) is 1. The molecule has 2 rings (SSSR count). The van der Waals surface area contributed by atoms with E-state index in [9.17, 15) is 4.79 Å². The van der Waals surface area contributed by atoms with Gasteiger partial charge in [-0.1, -0.05) is 6.07 Å². The summed E-state index contributed by atoms with van der Waals surface area (Å²) in [7, 11) is 1.60. The summed E-state index contributed by atoms with van der Waals surface area (Å²) >= 11 is 3.24. The number of carbonyl (C=O) groups is 1. The zero-order valence-electron chi connectivity index (χ0n) is 13.0. The molecule has 0 aliphatic carbocycles. The largest absolute Gasteiger partial charge is 0.493 e. The summed E-state index contributed by atoms with van der Waals surface area (Å²) in [6.45, 7) is 2.49. The molecule has 0 bridgehead atoms. The molecule has 0 spiro atoms. The van der Waals surface area contributed by atoms with Gasteiger partial charge in [0.15, 0.2) is 11.5 Å². The predicted octanol–water partition coefficient (Wildman–Crippen LogP) is 3.22. The number of anilines is 1. The number of amides is 1. The lowest BCUT2D eigenvalue weighted by atomic mass is 10.1. The van der Waals surface area contributed by atoms with E-state index < -0.39 is 0 Å². The van der Waals surface area contributed by atoms with E-state index in [-0.39, 0.29) is 5.91 Å². The Morgan fingerprint density at radius 2 is 2.00 bits per heavy atom. The van der Waals surface area contributed by atoms with Crippen LogP contribution in [-0.2, 0) is 11.2 Å². The van der Waals surface area contributed by atoms with Gasteiger partial charge in [0.05, 0.1) is 18.2 Å². The van der Waals surface area contributed by atoms with Crippen LogP contribution in [0.3, 0.4) is 0 Å². The summed E-state index contributed by atoms with van der Waals surface area (Å²) in [6, 6.07) is 5.67. The molecular formula is C16H18BrN3O3. The molecule has 2 aromatic rings. The molecule has 0 unspecified atom stereocenters. The van der Waals surface area contributed by atoms with Crippen molar-refractivity contribution in [2.24, 2.45) is 0 Å². The Kier molecular flexibility index (Phi) is 6.34. The average molecular weight is 380 g/mol. The molecular weight excluding hydrogens is 362 g/mol. The van der Waals surface area contributed by atoms with Crippen LogP contribution in [-0.4, -0.2) is 29.6 Å². The van der Waals surface area contributed by atoms with Gasteiger partial charge >= 0.3 is 0 Å². The fourth-order valence-corrected chi connectivity index (χ4v) is 2.17. The first-order valence-electron chi connectivity index (χ1n) is 7.19. The summed E-state index contributed by atoms with van der Waals surface area (Å²) in [5.74, 6) is 1.52. The molecule has 0 saturated carbocycles. The van der Waals surface area contributed by atoms with Gasteiger partial charge in [0.25, 0.3) is 0 Å². The van der Waals surface area contributed by atoms with Crippen LogP contribution in [0.5, 0.6) is 11.5 Å². The van der Waals surface area contributed by atoms with Crippen molar-refractivity contribution in [1.29, 1.82) is 0 Å². The Balaban J connectivity index is 1.92. The molecule has 0 atom stereocenters. The number of halogens is 1. The molecule has 0 fully saturated rings. The normalized spacial score (nSPS) is 10.2. The van der Waals surface area contributed by atoms with E-state index >= 15 is 0 Å². The number of ether oxygens (including phenoxy) is 2. The van der Waals surface area contributed by atoms with Gasteiger partial charge in [0.1, 0.15) is 0 Å². The van der Waals surface area contributed by atoms with Crippen molar-refractivity contribution in [3.8, 4) is 11.5 Å². The fraction of sp³-hybridized carbons (Fsp3) is 0.312. The molecule has 1 aromatic heterocycles. The van der Waals surface area contributed by atoms with E-state index in [1.807, 2.05) is 25.1 Å². The molecule has 23 heavy (non-hydrogen) atoms. The number of nitrogens with one attached hydrogen (secondary N) is 1.